The summed E-state index contributed by atoms with van der Waals surface area (Å²) in [5.41, 5.74) is 0. The van der Waals surface area contributed by atoms with Crippen molar-refractivity contribution < 1.29 is 21.5 Å². The van der Waals surface area contributed by atoms with Crippen molar-refractivity contribution in [2.45, 2.75) is 6.41 Å². The largest absolute Gasteiger partial charge is 0.407 e. The average Bonchev–Trinajstić information content (AvgIpc) is 2.02. The van der Waals surface area contributed by atoms with Gasteiger partial charge in [0.2, 0.25) is 0 Å². The van der Waals surface area contributed by atoms with E-state index >= 15 is 0 Å². The average molecular weight is 195 g/mol. The molecule has 2 heterocycles. The zero-order chi connectivity index (χ0) is 8.60. The molecule has 0 aromatic heterocycles. The van der Waals surface area contributed by atoms with E-state index < -0.39 is 16.8 Å². The third-order valence-corrected chi connectivity index (χ3v) is 2.54. The molecule has 0 bridgehead atoms. The molecule has 0 aliphatic carbocycles. The Bertz CT molecular complexity index is 245. The molecule has 2 aliphatic rings. The van der Waals surface area contributed by atoms with Crippen LogP contribution in [0, 0.1) is 0 Å². The van der Waals surface area contributed by atoms with E-state index in [0.717, 1.165) is 0 Å². The van der Waals surface area contributed by atoms with Gasteiger partial charge in [0.05, 0.1) is 13.2 Å². The summed E-state index contributed by atoms with van der Waals surface area (Å²) >= 11 is 0. The van der Waals surface area contributed by atoms with Crippen LogP contribution >= 0.6 is 0 Å². The second-order valence-electron chi connectivity index (χ2n) is 2.56. The zero-order valence-corrected chi connectivity index (χ0v) is 7.12. The molecule has 12 heavy (non-hydrogen) atoms. The van der Waals surface area contributed by atoms with Gasteiger partial charge in [-0.25, -0.2) is 4.90 Å². The molecule has 2 rings (SSSR count). The van der Waals surface area contributed by atoms with Gasteiger partial charge in [0.15, 0.2) is 0 Å². The highest BCUT2D eigenvalue weighted by molar-refractivity contribution is 7.82. The lowest BCUT2D eigenvalue weighted by Gasteiger charge is -2.36. The summed E-state index contributed by atoms with van der Waals surface area (Å²) < 4.78 is 34.9. The summed E-state index contributed by atoms with van der Waals surface area (Å²) in [6.07, 6.45) is -0.723. The molecule has 2 aliphatic heterocycles. The van der Waals surface area contributed by atoms with Gasteiger partial charge in [0.1, 0.15) is 0 Å². The molecule has 7 heteroatoms. The minimum absolute atomic E-state index is 0.587. The molecule has 0 aromatic rings. The van der Waals surface area contributed by atoms with Crippen LogP contribution in [0.1, 0.15) is 0 Å². The van der Waals surface area contributed by atoms with Crippen LogP contribution in [0.5, 0.6) is 0 Å². The van der Waals surface area contributed by atoms with E-state index in [4.69, 9.17) is 4.74 Å². The van der Waals surface area contributed by atoms with Gasteiger partial charge < -0.3 is 4.74 Å². The van der Waals surface area contributed by atoms with Gasteiger partial charge in [0.25, 0.3) is 6.41 Å². The molecule has 70 valence electrons. The maximum atomic E-state index is 10.4. The van der Waals surface area contributed by atoms with Crippen molar-refractivity contribution in [2.75, 3.05) is 26.3 Å². The molecule has 2 fully saturated rings. The maximum Gasteiger partial charge on any atom is 0.407 e. The van der Waals surface area contributed by atoms with Gasteiger partial charge >= 0.3 is 10.4 Å². The highest BCUT2D eigenvalue weighted by Crippen LogP contribution is 2.22. The Morgan fingerprint density at radius 2 is 1.75 bits per heavy atom. The SMILES string of the molecule is O=S1(=O)OC(N2CCOCC2)O1. The number of hydrogen-bond donors (Lipinski definition) is 0. The van der Waals surface area contributed by atoms with Crippen molar-refractivity contribution in [1.29, 1.82) is 0 Å². The third kappa shape index (κ3) is 1.59. The van der Waals surface area contributed by atoms with Gasteiger partial charge in [-0.05, 0) is 0 Å². The van der Waals surface area contributed by atoms with Crippen molar-refractivity contribution in [3.63, 3.8) is 0 Å². The van der Waals surface area contributed by atoms with Gasteiger partial charge in [-0.3, -0.25) is 0 Å². The predicted molar refractivity (Wildman–Crippen MR) is 37.3 cm³/mol. The lowest BCUT2D eigenvalue weighted by Crippen LogP contribution is -2.53. The van der Waals surface area contributed by atoms with Crippen LogP contribution in [-0.2, 0) is 23.5 Å². The second-order valence-corrected chi connectivity index (χ2v) is 3.76. The first-order valence-electron chi connectivity index (χ1n) is 3.61. The summed E-state index contributed by atoms with van der Waals surface area (Å²) in [6.45, 7) is 2.45. The molecule has 0 radical (unpaired) electrons. The van der Waals surface area contributed by atoms with E-state index in [0.29, 0.717) is 26.3 Å². The number of ether oxygens (including phenoxy) is 1. The Kier molecular flexibility index (Phi) is 2.05. The predicted octanol–water partition coefficient (Wildman–Crippen LogP) is -1.11. The lowest BCUT2D eigenvalue weighted by molar-refractivity contribution is -0.195. The fourth-order valence-electron chi connectivity index (χ4n) is 1.12. The van der Waals surface area contributed by atoms with Crippen LogP contribution in [0.3, 0.4) is 0 Å². The van der Waals surface area contributed by atoms with Crippen molar-refractivity contribution in [3.8, 4) is 0 Å². The first-order valence-corrected chi connectivity index (χ1v) is 4.94. The van der Waals surface area contributed by atoms with E-state index in [1.165, 1.54) is 0 Å². The number of rotatable bonds is 1. The summed E-state index contributed by atoms with van der Waals surface area (Å²) in [5.74, 6) is 0. The summed E-state index contributed by atoms with van der Waals surface area (Å²) in [7, 11) is -3.66. The smallest absolute Gasteiger partial charge is 0.379 e. The fraction of sp³-hybridized carbons (Fsp3) is 1.00. The van der Waals surface area contributed by atoms with Crippen LogP contribution in [0.4, 0.5) is 0 Å². The topological polar surface area (TPSA) is 65.1 Å². The Labute approximate surface area is 70.3 Å². The fourth-order valence-corrected chi connectivity index (χ4v) is 1.78. The highest BCUT2D eigenvalue weighted by atomic mass is 32.3. The van der Waals surface area contributed by atoms with Gasteiger partial charge in [0, 0.05) is 13.1 Å². The van der Waals surface area contributed by atoms with E-state index in [1.807, 2.05) is 0 Å². The Morgan fingerprint density at radius 1 is 1.17 bits per heavy atom. The molecule has 0 unspecified atom stereocenters. The van der Waals surface area contributed by atoms with E-state index in [-0.39, 0.29) is 0 Å². The van der Waals surface area contributed by atoms with Crippen LogP contribution < -0.4 is 0 Å². The van der Waals surface area contributed by atoms with Crippen LogP contribution in [0.15, 0.2) is 0 Å². The molecule has 0 aromatic carbocycles. The zero-order valence-electron chi connectivity index (χ0n) is 6.30. The van der Waals surface area contributed by atoms with E-state index in [2.05, 4.69) is 8.37 Å². The van der Waals surface area contributed by atoms with Gasteiger partial charge in [-0.2, -0.15) is 16.8 Å². The van der Waals surface area contributed by atoms with Gasteiger partial charge in [-0.1, -0.05) is 0 Å². The summed E-state index contributed by atoms with van der Waals surface area (Å²) in [5, 5.41) is 0. The standard InChI is InChI=1S/C5H9NO5S/c7-12(8)10-5(11-12)6-1-3-9-4-2-6/h5H,1-4H2. The maximum absolute atomic E-state index is 10.4. The Hall–Kier alpha value is -0.210. The molecular formula is C5H9NO5S. The first-order chi connectivity index (χ1) is 5.67. The summed E-state index contributed by atoms with van der Waals surface area (Å²) in [6, 6.07) is 0. The van der Waals surface area contributed by atoms with Crippen molar-refractivity contribution in [2.24, 2.45) is 0 Å². The molecule has 0 saturated carbocycles. The van der Waals surface area contributed by atoms with E-state index in [1.54, 1.807) is 4.90 Å². The molecule has 0 atom stereocenters. The molecule has 0 spiro atoms. The number of hydrogen-bond acceptors (Lipinski definition) is 6. The minimum Gasteiger partial charge on any atom is -0.379 e. The molecule has 0 N–H and O–H groups in total. The summed E-state index contributed by atoms with van der Waals surface area (Å²) in [4.78, 5) is 1.77. The first kappa shape index (κ1) is 8.39. The number of nitrogens with zero attached hydrogens (tertiary/aromatic N) is 1. The monoisotopic (exact) mass is 195 g/mol. The molecular weight excluding hydrogens is 186 g/mol. The van der Waals surface area contributed by atoms with Crippen LogP contribution in [0.2, 0.25) is 0 Å². The Morgan fingerprint density at radius 3 is 2.25 bits per heavy atom. The number of morpholine rings is 1. The van der Waals surface area contributed by atoms with Crippen molar-refractivity contribution in [3.05, 3.63) is 0 Å². The molecule has 0 amide bonds. The van der Waals surface area contributed by atoms with Crippen LogP contribution in [-0.4, -0.2) is 46.0 Å². The second kappa shape index (κ2) is 2.93. The van der Waals surface area contributed by atoms with Crippen molar-refractivity contribution in [1.82, 2.24) is 4.90 Å². The van der Waals surface area contributed by atoms with Gasteiger partial charge in [-0.15, -0.1) is 0 Å². The van der Waals surface area contributed by atoms with Crippen LogP contribution in [0.25, 0.3) is 0 Å². The highest BCUT2D eigenvalue weighted by Gasteiger charge is 2.40. The lowest BCUT2D eigenvalue weighted by atomic mass is 10.4. The third-order valence-electron chi connectivity index (χ3n) is 1.74. The quantitative estimate of drug-likeness (QED) is 0.529. The normalized spacial score (nSPS) is 31.3. The Balaban J connectivity index is 1.87. The molecule has 2 saturated heterocycles. The minimum atomic E-state index is -3.66. The molecule has 6 nitrogen and oxygen atoms in total. The van der Waals surface area contributed by atoms with Crippen molar-refractivity contribution >= 4 is 10.4 Å². The van der Waals surface area contributed by atoms with E-state index in [9.17, 15) is 8.42 Å².